The minimum absolute atomic E-state index is 0.0822. The number of aromatic nitrogens is 1. The van der Waals surface area contributed by atoms with E-state index < -0.39 is 16.1 Å². The van der Waals surface area contributed by atoms with Crippen LogP contribution in [0.5, 0.6) is 5.75 Å². The Morgan fingerprint density at radius 1 is 1.32 bits per heavy atom. The van der Waals surface area contributed by atoms with Gasteiger partial charge < -0.3 is 14.6 Å². The first-order valence-corrected chi connectivity index (χ1v) is 12.7. The molecule has 184 valence electrons. The van der Waals surface area contributed by atoms with E-state index in [1.165, 1.54) is 10.4 Å². The van der Waals surface area contributed by atoms with Crippen LogP contribution in [0, 0.1) is 17.8 Å². The molecule has 34 heavy (non-hydrogen) atoms. The zero-order valence-corrected chi connectivity index (χ0v) is 21.0. The Bertz CT molecular complexity index is 1110. The number of aliphatic hydroxyl groups is 1. The van der Waals surface area contributed by atoms with Gasteiger partial charge in [-0.2, -0.15) is 4.31 Å². The molecule has 1 aromatic carbocycles. The van der Waals surface area contributed by atoms with Crippen LogP contribution >= 0.6 is 0 Å². The third kappa shape index (κ3) is 6.34. The smallest absolute Gasteiger partial charge is 0.247 e. The number of fused-ring (bicyclic) bond motifs is 1. The van der Waals surface area contributed by atoms with E-state index in [-0.39, 0.29) is 42.4 Å². The maximum absolute atomic E-state index is 13.5. The number of benzene rings is 1. The molecule has 1 aliphatic rings. The molecule has 3 rings (SSSR count). The highest BCUT2D eigenvalue weighted by Crippen LogP contribution is 2.34. The predicted molar refractivity (Wildman–Crippen MR) is 130 cm³/mol. The maximum atomic E-state index is 13.5. The number of sulfonamides is 1. The summed E-state index contributed by atoms with van der Waals surface area (Å²) in [5, 5.41) is 9.77. The molecule has 0 spiro atoms. The molecule has 8 nitrogen and oxygen atoms in total. The second kappa shape index (κ2) is 11.8. The second-order valence-electron chi connectivity index (χ2n) is 8.69. The summed E-state index contributed by atoms with van der Waals surface area (Å²) >= 11 is 0. The Morgan fingerprint density at radius 2 is 2.06 bits per heavy atom. The summed E-state index contributed by atoms with van der Waals surface area (Å²) in [6.07, 6.45) is 3.25. The largest absolute Gasteiger partial charge is 0.487 e. The van der Waals surface area contributed by atoms with Gasteiger partial charge in [-0.3, -0.25) is 9.88 Å². The molecule has 2 heterocycles. The normalized spacial score (nSPS) is 20.9. The zero-order valence-electron chi connectivity index (χ0n) is 20.1. The summed E-state index contributed by atoms with van der Waals surface area (Å²) in [6, 6.07) is 8.25. The monoisotopic (exact) mass is 487 g/mol. The number of likely N-dealkylation sites (N-methyl/N-ethyl adjacent to an activating group) is 1. The highest BCUT2D eigenvalue weighted by Gasteiger charge is 2.38. The fourth-order valence-electron chi connectivity index (χ4n) is 3.90. The second-order valence-corrected chi connectivity index (χ2v) is 10.5. The van der Waals surface area contributed by atoms with E-state index in [9.17, 15) is 13.5 Å². The molecule has 1 aliphatic heterocycles. The minimum Gasteiger partial charge on any atom is -0.487 e. The van der Waals surface area contributed by atoms with Crippen molar-refractivity contribution in [1.29, 1.82) is 0 Å². The lowest BCUT2D eigenvalue weighted by atomic mass is 10.0. The van der Waals surface area contributed by atoms with E-state index in [4.69, 9.17) is 9.47 Å². The van der Waals surface area contributed by atoms with Gasteiger partial charge in [-0.1, -0.05) is 18.8 Å². The van der Waals surface area contributed by atoms with E-state index in [0.717, 1.165) is 5.56 Å². The number of hydrogen-bond donors (Lipinski definition) is 1. The molecular weight excluding hydrogens is 454 g/mol. The van der Waals surface area contributed by atoms with Crippen molar-refractivity contribution in [2.45, 2.75) is 37.4 Å². The molecule has 0 aliphatic carbocycles. The molecule has 0 radical (unpaired) electrons. The third-order valence-corrected chi connectivity index (χ3v) is 7.83. The van der Waals surface area contributed by atoms with E-state index in [1.54, 1.807) is 38.6 Å². The molecule has 0 amide bonds. The van der Waals surface area contributed by atoms with Crippen molar-refractivity contribution in [3.8, 4) is 17.6 Å². The van der Waals surface area contributed by atoms with Crippen LogP contribution in [0.25, 0.3) is 0 Å². The Hall–Kier alpha value is -2.48. The molecule has 1 aromatic heterocycles. The number of nitrogens with zero attached hydrogens (tertiary/aromatic N) is 3. The highest BCUT2D eigenvalue weighted by atomic mass is 32.2. The van der Waals surface area contributed by atoms with Crippen molar-refractivity contribution < 1.29 is 23.0 Å². The van der Waals surface area contributed by atoms with Gasteiger partial charge in [0.05, 0.1) is 6.61 Å². The van der Waals surface area contributed by atoms with Crippen LogP contribution < -0.4 is 4.74 Å². The van der Waals surface area contributed by atoms with Gasteiger partial charge in [0.1, 0.15) is 23.4 Å². The fourth-order valence-corrected chi connectivity index (χ4v) is 5.73. The van der Waals surface area contributed by atoms with Crippen LogP contribution in [0.3, 0.4) is 0 Å². The number of methoxy groups -OCH3 is 1. The summed E-state index contributed by atoms with van der Waals surface area (Å²) in [5.74, 6) is 6.02. The first-order chi connectivity index (χ1) is 16.3. The van der Waals surface area contributed by atoms with Gasteiger partial charge in [0, 0.05) is 56.7 Å². The van der Waals surface area contributed by atoms with Crippen LogP contribution in [0.4, 0.5) is 0 Å². The third-order valence-electron chi connectivity index (χ3n) is 5.81. The summed E-state index contributed by atoms with van der Waals surface area (Å²) in [4.78, 5) is 6.29. The molecule has 3 atom stereocenters. The highest BCUT2D eigenvalue weighted by molar-refractivity contribution is 7.89. The van der Waals surface area contributed by atoms with E-state index in [2.05, 4.69) is 21.7 Å². The van der Waals surface area contributed by atoms with Crippen molar-refractivity contribution in [3.63, 3.8) is 0 Å². The van der Waals surface area contributed by atoms with Gasteiger partial charge in [0.2, 0.25) is 10.0 Å². The van der Waals surface area contributed by atoms with Gasteiger partial charge in [0.15, 0.2) is 0 Å². The van der Waals surface area contributed by atoms with Crippen LogP contribution in [0.1, 0.15) is 25.0 Å². The lowest BCUT2D eigenvalue weighted by Crippen LogP contribution is -2.49. The lowest BCUT2D eigenvalue weighted by molar-refractivity contribution is 0.0733. The van der Waals surface area contributed by atoms with Crippen LogP contribution in [-0.4, -0.2) is 80.3 Å². The van der Waals surface area contributed by atoms with Gasteiger partial charge in [0.25, 0.3) is 0 Å². The van der Waals surface area contributed by atoms with Crippen molar-refractivity contribution >= 4 is 10.0 Å². The first kappa shape index (κ1) is 26.1. The molecule has 2 aromatic rings. The summed E-state index contributed by atoms with van der Waals surface area (Å²) in [6.45, 7) is 5.23. The molecule has 1 N–H and O–H groups in total. The zero-order chi connectivity index (χ0) is 24.7. The quantitative estimate of drug-likeness (QED) is 0.597. The molecule has 0 fully saturated rings. The minimum atomic E-state index is -3.87. The number of ether oxygens (including phenoxy) is 2. The number of rotatable bonds is 7. The van der Waals surface area contributed by atoms with Crippen molar-refractivity contribution in [2.24, 2.45) is 5.92 Å². The molecular formula is C25H33N3O5S. The molecule has 0 unspecified atom stereocenters. The lowest BCUT2D eigenvalue weighted by Gasteiger charge is -2.37. The average Bonchev–Trinajstić information content (AvgIpc) is 2.81. The van der Waals surface area contributed by atoms with Crippen molar-refractivity contribution in [2.75, 3.05) is 40.5 Å². The molecule has 0 saturated carbocycles. The maximum Gasteiger partial charge on any atom is 0.247 e. The Labute approximate surface area is 202 Å². The van der Waals surface area contributed by atoms with Gasteiger partial charge in [-0.15, -0.1) is 0 Å². The fraction of sp³-hybridized carbons (Fsp3) is 0.480. The van der Waals surface area contributed by atoms with Crippen LogP contribution in [0.2, 0.25) is 0 Å². The number of pyridine rings is 1. The Kier molecular flexibility index (Phi) is 9.05. The summed E-state index contributed by atoms with van der Waals surface area (Å²) in [7, 11) is -0.301. The summed E-state index contributed by atoms with van der Waals surface area (Å²) in [5.41, 5.74) is 1.77. The first-order valence-electron chi connectivity index (χ1n) is 11.2. The number of hydrogen-bond acceptors (Lipinski definition) is 7. The molecule has 0 bridgehead atoms. The van der Waals surface area contributed by atoms with Crippen LogP contribution in [0.15, 0.2) is 47.6 Å². The standard InChI is InChI=1S/C25H33N3O5S/c1-19-15-28(20(2)18-29)34(30,31)25-8-7-21(6-5-13-32-4)14-23(25)33-24(19)17-27(3)16-22-9-11-26-12-10-22/h7-12,14,19-20,24,29H,13,15-18H2,1-4H3/t19-,20+,24+/m1/s1. The van der Waals surface area contributed by atoms with Gasteiger partial charge in [-0.25, -0.2) is 8.42 Å². The predicted octanol–water partition coefficient (Wildman–Crippen LogP) is 1.98. The van der Waals surface area contributed by atoms with E-state index in [1.807, 2.05) is 26.1 Å². The Balaban J connectivity index is 1.97. The van der Waals surface area contributed by atoms with Gasteiger partial charge >= 0.3 is 0 Å². The average molecular weight is 488 g/mol. The van der Waals surface area contributed by atoms with E-state index in [0.29, 0.717) is 18.7 Å². The van der Waals surface area contributed by atoms with Crippen molar-refractivity contribution in [3.05, 3.63) is 53.9 Å². The van der Waals surface area contributed by atoms with Gasteiger partial charge in [-0.05, 0) is 49.9 Å². The number of aliphatic hydroxyl groups excluding tert-OH is 1. The van der Waals surface area contributed by atoms with E-state index >= 15 is 0 Å². The summed E-state index contributed by atoms with van der Waals surface area (Å²) < 4.78 is 39.8. The van der Waals surface area contributed by atoms with Crippen molar-refractivity contribution in [1.82, 2.24) is 14.2 Å². The molecule has 0 saturated heterocycles. The Morgan fingerprint density at radius 3 is 2.74 bits per heavy atom. The molecule has 9 heteroatoms. The SMILES string of the molecule is COCC#Cc1ccc2c(c1)O[C@@H](CN(C)Cc1ccncc1)[C@H](C)CN([C@@H](C)CO)S2(=O)=O. The van der Waals surface area contributed by atoms with Crippen LogP contribution in [-0.2, 0) is 21.3 Å². The topological polar surface area (TPSA) is 92.2 Å².